The van der Waals surface area contributed by atoms with Crippen LogP contribution >= 0.6 is 23.1 Å². The zero-order chi connectivity index (χ0) is 14.5. The van der Waals surface area contributed by atoms with Gasteiger partial charge in [0.05, 0.1) is 0 Å². The van der Waals surface area contributed by atoms with Crippen LogP contribution in [0, 0.1) is 13.8 Å². The van der Waals surface area contributed by atoms with Crippen molar-refractivity contribution in [3.8, 4) is 5.75 Å². The summed E-state index contributed by atoms with van der Waals surface area (Å²) in [5.41, 5.74) is 2.10. The number of rotatable bonds is 5. The molecule has 1 N–H and O–H groups in total. The summed E-state index contributed by atoms with van der Waals surface area (Å²) < 4.78 is 6.34. The molecular formula is C13H15N3O2S2. The lowest BCUT2D eigenvalue weighted by atomic mass is 10.1. The van der Waals surface area contributed by atoms with Crippen LogP contribution in [0.4, 0.5) is 5.13 Å². The molecule has 7 heteroatoms. The molecule has 0 aliphatic rings. The predicted octanol–water partition coefficient (Wildman–Crippen LogP) is 2.89. The second-order valence-electron chi connectivity index (χ2n) is 4.18. The molecule has 0 aliphatic heterocycles. The van der Waals surface area contributed by atoms with Gasteiger partial charge < -0.3 is 4.74 Å². The minimum atomic E-state index is -0.241. The van der Waals surface area contributed by atoms with Gasteiger partial charge in [-0.25, -0.2) is 0 Å². The fraction of sp³-hybridized carbons (Fsp3) is 0.308. The number of anilines is 1. The Morgan fingerprint density at radius 1 is 1.40 bits per heavy atom. The monoisotopic (exact) mass is 309 g/mol. The lowest BCUT2D eigenvalue weighted by Crippen LogP contribution is -2.20. The number of aromatic nitrogens is 2. The van der Waals surface area contributed by atoms with Crippen LogP contribution in [0.15, 0.2) is 22.5 Å². The van der Waals surface area contributed by atoms with E-state index in [0.717, 1.165) is 21.2 Å². The number of amides is 1. The molecule has 0 bridgehead atoms. The van der Waals surface area contributed by atoms with Gasteiger partial charge in [-0.15, -0.1) is 10.2 Å². The topological polar surface area (TPSA) is 64.1 Å². The van der Waals surface area contributed by atoms with Gasteiger partial charge in [0.15, 0.2) is 10.9 Å². The van der Waals surface area contributed by atoms with Crippen molar-refractivity contribution < 1.29 is 9.53 Å². The summed E-state index contributed by atoms with van der Waals surface area (Å²) in [6.07, 6.45) is 1.91. The molecule has 20 heavy (non-hydrogen) atoms. The fourth-order valence-corrected chi connectivity index (χ4v) is 2.69. The van der Waals surface area contributed by atoms with Crippen LogP contribution in [0.1, 0.15) is 11.1 Å². The molecule has 2 rings (SSSR count). The predicted molar refractivity (Wildman–Crippen MR) is 81.7 cm³/mol. The molecule has 0 saturated heterocycles. The minimum absolute atomic E-state index is 0.0432. The molecule has 1 aromatic carbocycles. The average Bonchev–Trinajstić information content (AvgIpc) is 2.87. The van der Waals surface area contributed by atoms with E-state index in [-0.39, 0.29) is 12.5 Å². The second kappa shape index (κ2) is 6.71. The Balaban J connectivity index is 1.90. The second-order valence-corrected chi connectivity index (χ2v) is 6.21. The van der Waals surface area contributed by atoms with Crippen molar-refractivity contribution in [1.82, 2.24) is 10.2 Å². The molecule has 0 saturated carbocycles. The molecule has 0 atom stereocenters. The molecular weight excluding hydrogens is 294 g/mol. The van der Waals surface area contributed by atoms with E-state index in [2.05, 4.69) is 15.5 Å². The normalized spacial score (nSPS) is 10.3. The number of carbonyl (C=O) groups excluding carboxylic acids is 1. The largest absolute Gasteiger partial charge is 0.483 e. The average molecular weight is 309 g/mol. The molecule has 1 aromatic heterocycles. The van der Waals surface area contributed by atoms with E-state index in [1.165, 1.54) is 23.1 Å². The first-order valence-corrected chi connectivity index (χ1v) is 8.00. The van der Waals surface area contributed by atoms with Crippen molar-refractivity contribution in [2.24, 2.45) is 0 Å². The van der Waals surface area contributed by atoms with Crippen molar-refractivity contribution in [3.05, 3.63) is 29.3 Å². The molecule has 0 aliphatic carbocycles. The summed E-state index contributed by atoms with van der Waals surface area (Å²) in [5.74, 6) is 0.483. The van der Waals surface area contributed by atoms with Gasteiger partial charge >= 0.3 is 0 Å². The number of nitrogens with one attached hydrogen (secondary N) is 1. The van der Waals surface area contributed by atoms with Crippen LogP contribution in [-0.4, -0.2) is 29.0 Å². The Hall–Kier alpha value is -1.60. The van der Waals surface area contributed by atoms with Crippen LogP contribution < -0.4 is 10.1 Å². The number of ether oxygens (including phenoxy) is 1. The molecule has 106 valence electrons. The highest BCUT2D eigenvalue weighted by molar-refractivity contribution is 8.00. The quantitative estimate of drug-likeness (QED) is 0.679. The highest BCUT2D eigenvalue weighted by Gasteiger charge is 2.09. The van der Waals surface area contributed by atoms with Gasteiger partial charge in [0.1, 0.15) is 5.75 Å². The first kappa shape index (κ1) is 14.8. The first-order valence-electron chi connectivity index (χ1n) is 5.96. The molecule has 0 unspecified atom stereocenters. The standard InChI is InChI=1S/C13H15N3O2S2/c1-8-4-5-9(2)10(6-8)18-7-11(17)14-12-15-16-13(19-3)20-12/h4-6H,7H2,1-3H3,(H,14,15,17). The fourth-order valence-electron chi connectivity index (χ4n) is 1.50. The minimum Gasteiger partial charge on any atom is -0.483 e. The molecule has 1 amide bonds. The summed E-state index contributed by atoms with van der Waals surface area (Å²) in [6.45, 7) is 3.89. The molecule has 0 fully saturated rings. The number of hydrogen-bond acceptors (Lipinski definition) is 6. The number of nitrogens with zero attached hydrogens (tertiary/aromatic N) is 2. The Morgan fingerprint density at radius 2 is 2.20 bits per heavy atom. The first-order chi connectivity index (χ1) is 9.58. The van der Waals surface area contributed by atoms with Crippen molar-refractivity contribution in [2.45, 2.75) is 18.2 Å². The van der Waals surface area contributed by atoms with Gasteiger partial charge in [0.25, 0.3) is 5.91 Å². The lowest BCUT2D eigenvalue weighted by Gasteiger charge is -2.09. The number of thioether (sulfide) groups is 1. The van der Waals surface area contributed by atoms with E-state index >= 15 is 0 Å². The summed E-state index contributed by atoms with van der Waals surface area (Å²) in [5, 5.41) is 10.9. The maximum atomic E-state index is 11.8. The third kappa shape index (κ3) is 3.94. The van der Waals surface area contributed by atoms with Gasteiger partial charge in [-0.1, -0.05) is 35.2 Å². The maximum Gasteiger partial charge on any atom is 0.264 e. The Bertz CT molecular complexity index is 613. The molecule has 2 aromatic rings. The van der Waals surface area contributed by atoms with Gasteiger partial charge in [0, 0.05) is 0 Å². The maximum absolute atomic E-state index is 11.8. The van der Waals surface area contributed by atoms with Gasteiger partial charge in [0.2, 0.25) is 5.13 Å². The number of hydrogen-bond donors (Lipinski definition) is 1. The molecule has 0 radical (unpaired) electrons. The SMILES string of the molecule is CSc1nnc(NC(=O)COc2cc(C)ccc2C)s1. The summed E-state index contributed by atoms with van der Waals surface area (Å²) in [6, 6.07) is 5.89. The van der Waals surface area contributed by atoms with E-state index in [1.807, 2.05) is 38.3 Å². The Kier molecular flexibility index (Phi) is 4.97. The van der Waals surface area contributed by atoms with Gasteiger partial charge in [-0.05, 0) is 37.3 Å². The third-order valence-electron chi connectivity index (χ3n) is 2.53. The van der Waals surface area contributed by atoms with E-state index in [4.69, 9.17) is 4.74 Å². The van der Waals surface area contributed by atoms with E-state index in [0.29, 0.717) is 5.13 Å². The van der Waals surface area contributed by atoms with Crippen LogP contribution in [0.25, 0.3) is 0 Å². The number of aryl methyl sites for hydroxylation is 2. The van der Waals surface area contributed by atoms with Crippen LogP contribution in [-0.2, 0) is 4.79 Å². The smallest absolute Gasteiger partial charge is 0.264 e. The molecule has 5 nitrogen and oxygen atoms in total. The zero-order valence-electron chi connectivity index (χ0n) is 11.5. The highest BCUT2D eigenvalue weighted by atomic mass is 32.2. The van der Waals surface area contributed by atoms with E-state index in [9.17, 15) is 4.79 Å². The molecule has 1 heterocycles. The van der Waals surface area contributed by atoms with Crippen molar-refractivity contribution in [3.63, 3.8) is 0 Å². The van der Waals surface area contributed by atoms with E-state index in [1.54, 1.807) is 0 Å². The highest BCUT2D eigenvalue weighted by Crippen LogP contribution is 2.23. The lowest BCUT2D eigenvalue weighted by molar-refractivity contribution is -0.118. The van der Waals surface area contributed by atoms with Crippen LogP contribution in [0.3, 0.4) is 0 Å². The number of benzene rings is 1. The Morgan fingerprint density at radius 3 is 2.90 bits per heavy atom. The molecule has 0 spiro atoms. The Labute approximate surface area is 125 Å². The van der Waals surface area contributed by atoms with Gasteiger partial charge in [-0.2, -0.15) is 0 Å². The van der Waals surface area contributed by atoms with Crippen molar-refractivity contribution in [1.29, 1.82) is 0 Å². The van der Waals surface area contributed by atoms with Crippen molar-refractivity contribution >= 4 is 34.1 Å². The van der Waals surface area contributed by atoms with Gasteiger partial charge in [-0.3, -0.25) is 10.1 Å². The van der Waals surface area contributed by atoms with Crippen molar-refractivity contribution in [2.75, 3.05) is 18.2 Å². The van der Waals surface area contributed by atoms with E-state index < -0.39 is 0 Å². The summed E-state index contributed by atoms with van der Waals surface area (Å²) >= 11 is 2.83. The summed E-state index contributed by atoms with van der Waals surface area (Å²) in [4.78, 5) is 11.8. The van der Waals surface area contributed by atoms with Crippen LogP contribution in [0.2, 0.25) is 0 Å². The van der Waals surface area contributed by atoms with Crippen LogP contribution in [0.5, 0.6) is 5.75 Å². The zero-order valence-corrected chi connectivity index (χ0v) is 13.1. The third-order valence-corrected chi connectivity index (χ3v) is 4.34. The summed E-state index contributed by atoms with van der Waals surface area (Å²) in [7, 11) is 0. The number of carbonyl (C=O) groups is 1.